The summed E-state index contributed by atoms with van der Waals surface area (Å²) in [7, 11) is 0. The van der Waals surface area contributed by atoms with Crippen LogP contribution < -0.4 is 10.1 Å². The number of hydrogen-bond acceptors (Lipinski definition) is 2. The van der Waals surface area contributed by atoms with Crippen LogP contribution in [0, 0.1) is 17.7 Å². The second kappa shape index (κ2) is 8.55. The number of ether oxygens (including phenoxy) is 1. The fraction of sp³-hybridized carbons (Fsp3) is 0.500. The Morgan fingerprint density at radius 1 is 1.42 bits per heavy atom. The van der Waals surface area contributed by atoms with Crippen LogP contribution in [0.15, 0.2) is 18.2 Å². The highest BCUT2D eigenvalue weighted by atomic mass is 19.1. The average Bonchev–Trinajstić information content (AvgIpc) is 2.42. The third kappa shape index (κ3) is 5.32. The molecule has 0 aliphatic rings. The van der Waals surface area contributed by atoms with E-state index in [-0.39, 0.29) is 11.9 Å². The minimum absolute atomic E-state index is 0.0721. The zero-order valence-corrected chi connectivity index (χ0v) is 11.9. The molecule has 1 atom stereocenters. The van der Waals surface area contributed by atoms with Crippen LogP contribution in [0.2, 0.25) is 0 Å². The summed E-state index contributed by atoms with van der Waals surface area (Å²) < 4.78 is 19.1. The lowest BCUT2D eigenvalue weighted by molar-refractivity contribution is 0.319. The van der Waals surface area contributed by atoms with Gasteiger partial charge in [0.15, 0.2) is 0 Å². The Morgan fingerprint density at radius 3 is 2.89 bits per heavy atom. The van der Waals surface area contributed by atoms with Crippen molar-refractivity contribution in [1.82, 2.24) is 5.32 Å². The molecule has 1 aromatic carbocycles. The fourth-order valence-corrected chi connectivity index (χ4v) is 1.80. The SMILES string of the molecule is CC#CCCOc1ccc(F)cc1C(C)NCCC. The van der Waals surface area contributed by atoms with E-state index in [1.165, 1.54) is 12.1 Å². The summed E-state index contributed by atoms with van der Waals surface area (Å²) in [5.74, 6) is 6.27. The highest BCUT2D eigenvalue weighted by Gasteiger charge is 2.12. The van der Waals surface area contributed by atoms with Crippen LogP contribution in [-0.2, 0) is 0 Å². The van der Waals surface area contributed by atoms with Gasteiger partial charge >= 0.3 is 0 Å². The van der Waals surface area contributed by atoms with Crippen LogP contribution in [0.3, 0.4) is 0 Å². The van der Waals surface area contributed by atoms with E-state index in [9.17, 15) is 4.39 Å². The third-order valence-corrected chi connectivity index (χ3v) is 2.80. The Balaban J connectivity index is 2.74. The van der Waals surface area contributed by atoms with Gasteiger partial charge < -0.3 is 10.1 Å². The quantitative estimate of drug-likeness (QED) is 0.598. The molecule has 0 radical (unpaired) electrons. The Morgan fingerprint density at radius 2 is 2.21 bits per heavy atom. The predicted molar refractivity (Wildman–Crippen MR) is 76.7 cm³/mol. The van der Waals surface area contributed by atoms with Gasteiger partial charge in [0.05, 0.1) is 6.61 Å². The average molecular weight is 263 g/mol. The smallest absolute Gasteiger partial charge is 0.124 e. The molecule has 1 N–H and O–H groups in total. The summed E-state index contributed by atoms with van der Waals surface area (Å²) in [6.07, 6.45) is 1.73. The van der Waals surface area contributed by atoms with E-state index in [1.54, 1.807) is 13.0 Å². The lowest BCUT2D eigenvalue weighted by Crippen LogP contribution is -2.20. The first-order valence-corrected chi connectivity index (χ1v) is 6.74. The van der Waals surface area contributed by atoms with Crippen molar-refractivity contribution in [3.63, 3.8) is 0 Å². The van der Waals surface area contributed by atoms with Gasteiger partial charge in [-0.1, -0.05) is 6.92 Å². The van der Waals surface area contributed by atoms with E-state index < -0.39 is 0 Å². The molecule has 1 aromatic rings. The van der Waals surface area contributed by atoms with Crippen LogP contribution in [0.4, 0.5) is 4.39 Å². The number of halogens is 1. The largest absolute Gasteiger partial charge is 0.492 e. The summed E-state index contributed by atoms with van der Waals surface area (Å²) in [6.45, 7) is 7.35. The molecule has 0 bridgehead atoms. The minimum Gasteiger partial charge on any atom is -0.492 e. The lowest BCUT2D eigenvalue weighted by atomic mass is 10.1. The molecule has 3 heteroatoms. The highest BCUT2D eigenvalue weighted by molar-refractivity contribution is 5.36. The van der Waals surface area contributed by atoms with Crippen molar-refractivity contribution < 1.29 is 9.13 Å². The maximum atomic E-state index is 13.4. The number of benzene rings is 1. The zero-order valence-electron chi connectivity index (χ0n) is 11.9. The van der Waals surface area contributed by atoms with Crippen molar-refractivity contribution in [2.24, 2.45) is 0 Å². The van der Waals surface area contributed by atoms with Gasteiger partial charge in [-0.15, -0.1) is 11.8 Å². The normalized spacial score (nSPS) is 11.6. The van der Waals surface area contributed by atoms with Crippen molar-refractivity contribution >= 4 is 0 Å². The molecule has 0 aromatic heterocycles. The van der Waals surface area contributed by atoms with Gasteiger partial charge in [0.1, 0.15) is 11.6 Å². The van der Waals surface area contributed by atoms with Crippen LogP contribution in [-0.4, -0.2) is 13.2 Å². The Kier molecular flexibility index (Phi) is 6.99. The maximum absolute atomic E-state index is 13.4. The van der Waals surface area contributed by atoms with Gasteiger partial charge in [-0.2, -0.15) is 0 Å². The molecule has 19 heavy (non-hydrogen) atoms. The summed E-state index contributed by atoms with van der Waals surface area (Å²) >= 11 is 0. The zero-order chi connectivity index (χ0) is 14.1. The first-order chi connectivity index (χ1) is 9.19. The Bertz CT molecular complexity index is 448. The molecule has 0 amide bonds. The van der Waals surface area contributed by atoms with E-state index in [0.717, 1.165) is 24.3 Å². The first kappa shape index (κ1) is 15.5. The van der Waals surface area contributed by atoms with Crippen molar-refractivity contribution in [2.75, 3.05) is 13.2 Å². The molecule has 1 rings (SSSR count). The predicted octanol–water partition coefficient (Wildman–Crippen LogP) is 3.68. The van der Waals surface area contributed by atoms with Crippen molar-refractivity contribution in [3.05, 3.63) is 29.6 Å². The standard InChI is InChI=1S/C16H22FNO/c1-4-6-7-11-19-16-9-8-14(17)12-15(16)13(3)18-10-5-2/h8-9,12-13,18H,5,7,10-11H2,1-3H3. The second-order valence-corrected chi connectivity index (χ2v) is 4.38. The fourth-order valence-electron chi connectivity index (χ4n) is 1.80. The Hall–Kier alpha value is -1.53. The minimum atomic E-state index is -0.235. The number of nitrogens with one attached hydrogen (secondary N) is 1. The molecule has 0 aliphatic carbocycles. The van der Waals surface area contributed by atoms with Gasteiger partial charge in [-0.3, -0.25) is 0 Å². The van der Waals surface area contributed by atoms with E-state index >= 15 is 0 Å². The van der Waals surface area contributed by atoms with Crippen molar-refractivity contribution in [3.8, 4) is 17.6 Å². The summed E-state index contributed by atoms with van der Waals surface area (Å²) in [4.78, 5) is 0. The number of hydrogen-bond donors (Lipinski definition) is 1. The lowest BCUT2D eigenvalue weighted by Gasteiger charge is -2.18. The van der Waals surface area contributed by atoms with Gasteiger partial charge in [0, 0.05) is 18.0 Å². The number of rotatable bonds is 7. The van der Waals surface area contributed by atoms with Gasteiger partial charge in [-0.05, 0) is 45.0 Å². The van der Waals surface area contributed by atoms with Gasteiger partial charge in [0.25, 0.3) is 0 Å². The van der Waals surface area contributed by atoms with E-state index in [0.29, 0.717) is 13.0 Å². The van der Waals surface area contributed by atoms with E-state index in [4.69, 9.17) is 4.74 Å². The van der Waals surface area contributed by atoms with Crippen molar-refractivity contribution in [2.45, 2.75) is 39.7 Å². The molecule has 1 unspecified atom stereocenters. The van der Waals surface area contributed by atoms with E-state index in [2.05, 4.69) is 24.1 Å². The summed E-state index contributed by atoms with van der Waals surface area (Å²) in [5, 5.41) is 3.34. The molecule has 104 valence electrons. The molecule has 2 nitrogen and oxygen atoms in total. The highest BCUT2D eigenvalue weighted by Crippen LogP contribution is 2.26. The van der Waals surface area contributed by atoms with Gasteiger partial charge in [0.2, 0.25) is 0 Å². The monoisotopic (exact) mass is 263 g/mol. The molecular formula is C16H22FNO. The molecule has 0 fully saturated rings. The first-order valence-electron chi connectivity index (χ1n) is 6.74. The topological polar surface area (TPSA) is 21.3 Å². The van der Waals surface area contributed by atoms with Gasteiger partial charge in [-0.25, -0.2) is 4.39 Å². The molecule has 0 saturated carbocycles. The van der Waals surface area contributed by atoms with Crippen molar-refractivity contribution in [1.29, 1.82) is 0 Å². The molecular weight excluding hydrogens is 241 g/mol. The van der Waals surface area contributed by atoms with Crippen LogP contribution >= 0.6 is 0 Å². The Labute approximate surface area is 115 Å². The molecule has 0 aliphatic heterocycles. The maximum Gasteiger partial charge on any atom is 0.124 e. The second-order valence-electron chi connectivity index (χ2n) is 4.38. The van der Waals surface area contributed by atoms with Crippen LogP contribution in [0.5, 0.6) is 5.75 Å². The van der Waals surface area contributed by atoms with Crippen LogP contribution in [0.25, 0.3) is 0 Å². The third-order valence-electron chi connectivity index (χ3n) is 2.80. The molecule has 0 saturated heterocycles. The molecule has 0 spiro atoms. The summed E-state index contributed by atoms with van der Waals surface area (Å²) in [5.41, 5.74) is 0.859. The molecule has 0 heterocycles. The summed E-state index contributed by atoms with van der Waals surface area (Å²) in [6, 6.07) is 4.72. The van der Waals surface area contributed by atoms with Crippen LogP contribution in [0.1, 0.15) is 45.2 Å². The van der Waals surface area contributed by atoms with E-state index in [1.807, 2.05) is 6.92 Å².